The third-order valence-electron chi connectivity index (χ3n) is 5.21. The van der Waals surface area contributed by atoms with Gasteiger partial charge in [-0.15, -0.1) is 0 Å². The van der Waals surface area contributed by atoms with Crippen LogP contribution in [0, 0.1) is 5.92 Å². The van der Waals surface area contributed by atoms with E-state index < -0.39 is 0 Å². The van der Waals surface area contributed by atoms with E-state index >= 15 is 0 Å². The molecule has 2 rings (SSSR count). The molecule has 0 aliphatic rings. The fourth-order valence-electron chi connectivity index (χ4n) is 3.59. The van der Waals surface area contributed by atoms with Crippen molar-refractivity contribution in [2.24, 2.45) is 5.92 Å². The molecule has 152 valence electrons. The fourth-order valence-corrected chi connectivity index (χ4v) is 3.59. The molecule has 0 aliphatic carbocycles. The number of amides is 1. The van der Waals surface area contributed by atoms with Gasteiger partial charge in [0.15, 0.2) is 0 Å². The number of hydrogen-bond acceptors (Lipinski definition) is 1. The molecule has 3 nitrogen and oxygen atoms in total. The van der Waals surface area contributed by atoms with E-state index in [1.165, 1.54) is 11.1 Å². The summed E-state index contributed by atoms with van der Waals surface area (Å²) in [6.45, 7) is 9.21. The molecule has 0 spiro atoms. The van der Waals surface area contributed by atoms with Gasteiger partial charge in [0.25, 0.3) is 0 Å². The van der Waals surface area contributed by atoms with Gasteiger partial charge >= 0.3 is 0 Å². The predicted octanol–water partition coefficient (Wildman–Crippen LogP) is 4.77. The van der Waals surface area contributed by atoms with Gasteiger partial charge in [0, 0.05) is 18.5 Å². The van der Waals surface area contributed by atoms with Crippen LogP contribution >= 0.6 is 0 Å². The summed E-state index contributed by atoms with van der Waals surface area (Å²) >= 11 is 0. The highest BCUT2D eigenvalue weighted by molar-refractivity contribution is 5.83. The zero-order valence-electron chi connectivity index (χ0n) is 18.2. The Morgan fingerprint density at radius 3 is 2.18 bits per heavy atom. The smallest absolute Gasteiger partial charge is 0.227 e. The lowest BCUT2D eigenvalue weighted by Gasteiger charge is -2.30. The summed E-state index contributed by atoms with van der Waals surface area (Å²) in [7, 11) is 4.49. The molecule has 0 saturated carbocycles. The van der Waals surface area contributed by atoms with Crippen LogP contribution in [0.2, 0.25) is 0 Å². The molecule has 0 fully saturated rings. The monoisotopic (exact) mass is 381 g/mol. The van der Waals surface area contributed by atoms with E-state index in [1.54, 1.807) is 0 Å². The summed E-state index contributed by atoms with van der Waals surface area (Å²) in [5, 5.41) is 3.12. The normalized spacial score (nSPS) is 12.8. The average Bonchev–Trinajstić information content (AvgIpc) is 2.65. The van der Waals surface area contributed by atoms with Crippen LogP contribution in [0.15, 0.2) is 54.6 Å². The van der Waals surface area contributed by atoms with E-state index in [-0.39, 0.29) is 11.8 Å². The molecule has 2 aromatic carbocycles. The van der Waals surface area contributed by atoms with Crippen molar-refractivity contribution in [2.75, 3.05) is 27.2 Å². The topological polar surface area (TPSA) is 29.1 Å². The van der Waals surface area contributed by atoms with Crippen LogP contribution in [0.25, 0.3) is 0 Å². The molecule has 1 unspecified atom stereocenters. The number of carbonyl (C=O) groups is 1. The SMILES string of the molecule is CC(C)Cc1ccc(C(C)C(=O)NCCC[N+](C)(C)Cc2ccccc2)cc1. The Labute approximate surface area is 171 Å². The lowest BCUT2D eigenvalue weighted by Crippen LogP contribution is -2.41. The molecule has 0 aliphatic heterocycles. The molecule has 1 N–H and O–H groups in total. The molecule has 2 aromatic rings. The maximum Gasteiger partial charge on any atom is 0.227 e. The molecule has 1 atom stereocenters. The molecule has 0 aromatic heterocycles. The van der Waals surface area contributed by atoms with Crippen LogP contribution in [0.5, 0.6) is 0 Å². The van der Waals surface area contributed by atoms with Crippen molar-refractivity contribution in [3.8, 4) is 0 Å². The Balaban J connectivity index is 1.75. The predicted molar refractivity (Wildman–Crippen MR) is 118 cm³/mol. The molecule has 0 saturated heterocycles. The molecular formula is C25H37N2O+. The van der Waals surface area contributed by atoms with Gasteiger partial charge in [-0.1, -0.05) is 68.4 Å². The van der Waals surface area contributed by atoms with E-state index in [0.29, 0.717) is 5.92 Å². The second-order valence-corrected chi connectivity index (χ2v) is 9.01. The highest BCUT2D eigenvalue weighted by atomic mass is 16.1. The number of quaternary nitrogens is 1. The lowest BCUT2D eigenvalue weighted by atomic mass is 9.96. The van der Waals surface area contributed by atoms with Crippen LogP contribution < -0.4 is 5.32 Å². The van der Waals surface area contributed by atoms with Crippen LogP contribution in [0.1, 0.15) is 49.8 Å². The summed E-state index contributed by atoms with van der Waals surface area (Å²) in [5.41, 5.74) is 3.78. The number of carbonyl (C=O) groups excluding carboxylic acids is 1. The Bertz CT molecular complexity index is 720. The van der Waals surface area contributed by atoms with E-state index in [9.17, 15) is 4.79 Å². The van der Waals surface area contributed by atoms with E-state index in [4.69, 9.17) is 0 Å². The third kappa shape index (κ3) is 7.47. The number of nitrogens with zero attached hydrogens (tertiary/aromatic N) is 1. The van der Waals surface area contributed by atoms with Crippen molar-refractivity contribution in [1.29, 1.82) is 0 Å². The van der Waals surface area contributed by atoms with Gasteiger partial charge in [-0.3, -0.25) is 4.79 Å². The van der Waals surface area contributed by atoms with Crippen molar-refractivity contribution < 1.29 is 9.28 Å². The van der Waals surface area contributed by atoms with Gasteiger partial charge in [-0.2, -0.15) is 0 Å². The first kappa shape index (κ1) is 22.2. The first-order chi connectivity index (χ1) is 13.3. The Hall–Kier alpha value is -2.13. The molecule has 0 radical (unpaired) electrons. The summed E-state index contributed by atoms with van der Waals surface area (Å²) in [6, 6.07) is 19.1. The molecule has 28 heavy (non-hydrogen) atoms. The van der Waals surface area contributed by atoms with E-state index in [1.807, 2.05) is 6.92 Å². The summed E-state index contributed by atoms with van der Waals surface area (Å²) in [4.78, 5) is 12.5. The average molecular weight is 382 g/mol. The van der Waals surface area contributed by atoms with Crippen molar-refractivity contribution >= 4 is 5.91 Å². The number of nitrogens with one attached hydrogen (secondary N) is 1. The molecule has 3 heteroatoms. The van der Waals surface area contributed by atoms with Gasteiger partial charge in [0.05, 0.1) is 26.6 Å². The minimum Gasteiger partial charge on any atom is -0.355 e. The quantitative estimate of drug-likeness (QED) is 0.466. The summed E-state index contributed by atoms with van der Waals surface area (Å²) in [6.07, 6.45) is 2.06. The first-order valence-corrected chi connectivity index (χ1v) is 10.5. The molecule has 1 amide bonds. The molecule has 0 heterocycles. The Kier molecular flexibility index (Phi) is 8.25. The maximum absolute atomic E-state index is 12.5. The van der Waals surface area contributed by atoms with Gasteiger partial charge in [-0.25, -0.2) is 0 Å². The van der Waals surface area contributed by atoms with Crippen LogP contribution in [0.4, 0.5) is 0 Å². The zero-order valence-corrected chi connectivity index (χ0v) is 18.2. The highest BCUT2D eigenvalue weighted by Gasteiger charge is 2.17. The third-order valence-corrected chi connectivity index (χ3v) is 5.21. The van der Waals surface area contributed by atoms with Crippen molar-refractivity contribution in [2.45, 2.75) is 46.1 Å². The molecular weight excluding hydrogens is 344 g/mol. The second-order valence-electron chi connectivity index (χ2n) is 9.01. The van der Waals surface area contributed by atoms with E-state index in [0.717, 1.165) is 42.5 Å². The second kappa shape index (κ2) is 10.4. The number of rotatable bonds is 10. The number of hydrogen-bond donors (Lipinski definition) is 1. The zero-order chi connectivity index (χ0) is 20.6. The minimum atomic E-state index is -0.111. The minimum absolute atomic E-state index is 0.111. The summed E-state index contributed by atoms with van der Waals surface area (Å²) < 4.78 is 0.923. The standard InChI is InChI=1S/C25H36N2O/c1-20(2)18-22-12-14-24(15-13-22)21(3)25(28)26-16-9-17-27(4,5)19-23-10-7-6-8-11-23/h6-8,10-15,20-21H,9,16-19H2,1-5H3/p+1. The van der Waals surface area contributed by atoms with E-state index in [2.05, 4.69) is 87.9 Å². The molecule has 0 bridgehead atoms. The van der Waals surface area contributed by atoms with Crippen LogP contribution in [0.3, 0.4) is 0 Å². The Morgan fingerprint density at radius 1 is 0.929 bits per heavy atom. The van der Waals surface area contributed by atoms with Crippen LogP contribution in [-0.4, -0.2) is 37.6 Å². The largest absolute Gasteiger partial charge is 0.355 e. The van der Waals surface area contributed by atoms with Gasteiger partial charge < -0.3 is 9.80 Å². The highest BCUT2D eigenvalue weighted by Crippen LogP contribution is 2.18. The first-order valence-electron chi connectivity index (χ1n) is 10.5. The van der Waals surface area contributed by atoms with Crippen molar-refractivity contribution in [3.63, 3.8) is 0 Å². The fraction of sp³-hybridized carbons (Fsp3) is 0.480. The van der Waals surface area contributed by atoms with Gasteiger partial charge in [-0.05, 0) is 30.4 Å². The van der Waals surface area contributed by atoms with Crippen molar-refractivity contribution in [1.82, 2.24) is 5.32 Å². The maximum atomic E-state index is 12.5. The van der Waals surface area contributed by atoms with Crippen LogP contribution in [-0.2, 0) is 17.8 Å². The van der Waals surface area contributed by atoms with Gasteiger partial charge in [0.1, 0.15) is 6.54 Å². The van der Waals surface area contributed by atoms with Crippen molar-refractivity contribution in [3.05, 3.63) is 71.3 Å². The Morgan fingerprint density at radius 2 is 1.57 bits per heavy atom. The lowest BCUT2D eigenvalue weighted by molar-refractivity contribution is -0.903. The van der Waals surface area contributed by atoms with Gasteiger partial charge in [0.2, 0.25) is 5.91 Å². The number of benzene rings is 2. The summed E-state index contributed by atoms with van der Waals surface area (Å²) in [5.74, 6) is 0.654.